The van der Waals surface area contributed by atoms with Crippen molar-refractivity contribution in [3.63, 3.8) is 0 Å². The van der Waals surface area contributed by atoms with Crippen molar-refractivity contribution in [3.05, 3.63) is 29.8 Å². The molecule has 0 unspecified atom stereocenters. The van der Waals surface area contributed by atoms with Crippen molar-refractivity contribution >= 4 is 27.6 Å². The molecule has 0 aromatic heterocycles. The van der Waals surface area contributed by atoms with Crippen molar-refractivity contribution in [2.75, 3.05) is 23.7 Å². The van der Waals surface area contributed by atoms with Gasteiger partial charge in [-0.05, 0) is 32.9 Å². The zero-order valence-corrected chi connectivity index (χ0v) is 15.2. The Balaban J connectivity index is 3.11. The van der Waals surface area contributed by atoms with Crippen LogP contribution in [0.2, 0.25) is 0 Å². The predicted octanol–water partition coefficient (Wildman–Crippen LogP) is 1.54. The minimum absolute atomic E-state index is 0.0115. The second-order valence-corrected chi connectivity index (χ2v) is 7.45. The van der Waals surface area contributed by atoms with E-state index in [1.165, 1.54) is 12.1 Å². The van der Waals surface area contributed by atoms with E-state index in [-0.39, 0.29) is 42.8 Å². The average Bonchev–Trinajstić information content (AvgIpc) is 2.46. The summed E-state index contributed by atoms with van der Waals surface area (Å²) < 4.78 is 30.3. The molecule has 0 spiro atoms. The molecule has 1 aromatic carbocycles. The molecule has 1 rings (SSSR count). The van der Waals surface area contributed by atoms with Crippen LogP contribution in [0, 0.1) is 0 Å². The number of nitrogens with one attached hydrogen (secondary N) is 1. The molecule has 1 aromatic rings. The molecule has 0 bridgehead atoms. The Morgan fingerprint density at radius 1 is 1.25 bits per heavy atom. The smallest absolute Gasteiger partial charge is 0.340 e. The molecule has 0 saturated carbocycles. The molecule has 1 N–H and O–H groups in total. The highest BCUT2D eigenvalue weighted by molar-refractivity contribution is 7.92. The lowest BCUT2D eigenvalue weighted by Gasteiger charge is -2.24. The van der Waals surface area contributed by atoms with Gasteiger partial charge in [-0.1, -0.05) is 12.1 Å². The van der Waals surface area contributed by atoms with E-state index in [0.717, 1.165) is 10.6 Å². The highest BCUT2D eigenvalue weighted by Gasteiger charge is 2.24. The first kappa shape index (κ1) is 20.0. The van der Waals surface area contributed by atoms with E-state index in [2.05, 4.69) is 5.32 Å². The first-order chi connectivity index (χ1) is 11.2. The van der Waals surface area contributed by atoms with Crippen LogP contribution in [0.3, 0.4) is 0 Å². The van der Waals surface area contributed by atoms with Gasteiger partial charge in [0.05, 0.1) is 24.1 Å². The number of amides is 1. The number of rotatable bonds is 8. The predicted molar refractivity (Wildman–Crippen MR) is 92.5 cm³/mol. The van der Waals surface area contributed by atoms with Crippen LogP contribution in [0.5, 0.6) is 0 Å². The molecule has 1 amide bonds. The van der Waals surface area contributed by atoms with Crippen LogP contribution in [0.1, 0.15) is 37.6 Å². The van der Waals surface area contributed by atoms with Crippen LogP contribution < -0.4 is 9.62 Å². The van der Waals surface area contributed by atoms with Gasteiger partial charge in [0, 0.05) is 19.0 Å². The van der Waals surface area contributed by atoms with E-state index in [1.807, 2.05) is 13.8 Å². The maximum Gasteiger partial charge on any atom is 0.340 e. The lowest BCUT2D eigenvalue weighted by molar-refractivity contribution is -0.121. The fourth-order valence-corrected chi connectivity index (χ4v) is 3.07. The van der Waals surface area contributed by atoms with Gasteiger partial charge in [0.2, 0.25) is 15.9 Å². The van der Waals surface area contributed by atoms with Crippen molar-refractivity contribution in [2.45, 2.75) is 33.2 Å². The number of carbonyl (C=O) groups excluding carboxylic acids is 2. The number of para-hydroxylation sites is 1. The summed E-state index contributed by atoms with van der Waals surface area (Å²) in [5.74, 6) is -0.861. The van der Waals surface area contributed by atoms with E-state index in [4.69, 9.17) is 4.74 Å². The van der Waals surface area contributed by atoms with Gasteiger partial charge >= 0.3 is 5.97 Å². The molecular weight excluding hydrogens is 332 g/mol. The lowest BCUT2D eigenvalue weighted by atomic mass is 10.1. The lowest BCUT2D eigenvalue weighted by Crippen LogP contribution is -2.37. The molecule has 0 fully saturated rings. The van der Waals surface area contributed by atoms with Gasteiger partial charge in [-0.2, -0.15) is 0 Å². The first-order valence-electron chi connectivity index (χ1n) is 7.70. The number of esters is 1. The van der Waals surface area contributed by atoms with E-state index in [1.54, 1.807) is 19.1 Å². The topological polar surface area (TPSA) is 92.8 Å². The fourth-order valence-electron chi connectivity index (χ4n) is 2.13. The first-order valence-corrected chi connectivity index (χ1v) is 9.54. The van der Waals surface area contributed by atoms with Crippen LogP contribution in [0.25, 0.3) is 0 Å². The zero-order valence-electron chi connectivity index (χ0n) is 14.4. The van der Waals surface area contributed by atoms with Crippen LogP contribution in [-0.4, -0.2) is 45.7 Å². The molecule has 0 saturated heterocycles. The summed E-state index contributed by atoms with van der Waals surface area (Å²) in [5, 5.41) is 2.71. The van der Waals surface area contributed by atoms with Gasteiger partial charge in [0.25, 0.3) is 0 Å². The second-order valence-electron chi connectivity index (χ2n) is 5.54. The molecule has 24 heavy (non-hydrogen) atoms. The van der Waals surface area contributed by atoms with E-state index < -0.39 is 16.0 Å². The summed E-state index contributed by atoms with van der Waals surface area (Å²) in [6.45, 7) is 5.44. The molecule has 134 valence electrons. The molecule has 0 aliphatic rings. The molecule has 0 atom stereocenters. The zero-order chi connectivity index (χ0) is 18.3. The Morgan fingerprint density at radius 2 is 1.88 bits per heavy atom. The molecule has 0 aliphatic carbocycles. The SMILES string of the molecule is CCOC(=O)c1ccccc1N(CCC(=O)NC(C)C)S(C)(=O)=O. The van der Waals surface area contributed by atoms with Crippen LogP contribution >= 0.6 is 0 Å². The average molecular weight is 356 g/mol. The van der Waals surface area contributed by atoms with E-state index >= 15 is 0 Å². The molecule has 8 heteroatoms. The van der Waals surface area contributed by atoms with Crippen molar-refractivity contribution in [3.8, 4) is 0 Å². The van der Waals surface area contributed by atoms with Crippen molar-refractivity contribution in [1.29, 1.82) is 0 Å². The Hall–Kier alpha value is -2.09. The maximum atomic E-state index is 12.1. The van der Waals surface area contributed by atoms with Crippen molar-refractivity contribution in [1.82, 2.24) is 5.32 Å². The largest absolute Gasteiger partial charge is 0.462 e. The van der Waals surface area contributed by atoms with E-state index in [0.29, 0.717) is 0 Å². The third-order valence-electron chi connectivity index (χ3n) is 3.06. The van der Waals surface area contributed by atoms with Crippen LogP contribution in [-0.2, 0) is 19.6 Å². The number of hydrogen-bond acceptors (Lipinski definition) is 5. The maximum absolute atomic E-state index is 12.1. The number of hydrogen-bond donors (Lipinski definition) is 1. The molecule has 7 nitrogen and oxygen atoms in total. The van der Waals surface area contributed by atoms with E-state index in [9.17, 15) is 18.0 Å². The Labute approximate surface area is 143 Å². The molecule has 0 heterocycles. The van der Waals surface area contributed by atoms with Gasteiger partial charge in [-0.15, -0.1) is 0 Å². The number of carbonyl (C=O) groups is 2. The normalized spacial score (nSPS) is 11.2. The number of benzene rings is 1. The highest BCUT2D eigenvalue weighted by atomic mass is 32.2. The third kappa shape index (κ3) is 5.84. The standard InChI is InChI=1S/C16H24N2O5S/c1-5-23-16(20)13-8-6-7-9-14(13)18(24(4,21)22)11-10-15(19)17-12(2)3/h6-9,12H,5,10-11H2,1-4H3,(H,17,19). The van der Waals surface area contributed by atoms with Crippen molar-refractivity contribution in [2.24, 2.45) is 0 Å². The third-order valence-corrected chi connectivity index (χ3v) is 4.24. The monoisotopic (exact) mass is 356 g/mol. The Kier molecular flexibility index (Phi) is 7.21. The van der Waals surface area contributed by atoms with Crippen LogP contribution in [0.4, 0.5) is 5.69 Å². The molecule has 0 radical (unpaired) electrons. The summed E-state index contributed by atoms with van der Waals surface area (Å²) in [4.78, 5) is 23.9. The van der Waals surface area contributed by atoms with Gasteiger partial charge < -0.3 is 10.1 Å². The summed E-state index contributed by atoms with van der Waals surface area (Å²) in [6, 6.07) is 6.25. The number of sulfonamides is 1. The van der Waals surface area contributed by atoms with Crippen molar-refractivity contribution < 1.29 is 22.7 Å². The quantitative estimate of drug-likeness (QED) is 0.713. The minimum atomic E-state index is -3.67. The molecular formula is C16H24N2O5S. The molecule has 0 aliphatic heterocycles. The number of anilines is 1. The Morgan fingerprint density at radius 3 is 2.42 bits per heavy atom. The van der Waals surface area contributed by atoms with Gasteiger partial charge in [-0.25, -0.2) is 13.2 Å². The number of ether oxygens (including phenoxy) is 1. The highest BCUT2D eigenvalue weighted by Crippen LogP contribution is 2.24. The van der Waals surface area contributed by atoms with Gasteiger partial charge in [-0.3, -0.25) is 9.10 Å². The van der Waals surface area contributed by atoms with Crippen LogP contribution in [0.15, 0.2) is 24.3 Å². The fraction of sp³-hybridized carbons (Fsp3) is 0.500. The summed E-state index contributed by atoms with van der Waals surface area (Å²) >= 11 is 0. The second kappa shape index (κ2) is 8.68. The summed E-state index contributed by atoms with van der Waals surface area (Å²) in [6.07, 6.45) is 1.03. The minimum Gasteiger partial charge on any atom is -0.462 e. The van der Waals surface area contributed by atoms with Gasteiger partial charge in [0.15, 0.2) is 0 Å². The number of nitrogens with zero attached hydrogens (tertiary/aromatic N) is 1. The van der Waals surface area contributed by atoms with Gasteiger partial charge in [0.1, 0.15) is 0 Å². The summed E-state index contributed by atoms with van der Waals surface area (Å²) in [5.41, 5.74) is 0.352. The summed E-state index contributed by atoms with van der Waals surface area (Å²) in [7, 11) is -3.67. The Bertz CT molecular complexity index is 685.